The van der Waals surface area contributed by atoms with E-state index >= 15 is 0 Å². The van der Waals surface area contributed by atoms with Crippen LogP contribution in [0.2, 0.25) is 0 Å². The minimum absolute atomic E-state index is 0.160. The molecule has 1 aromatic carbocycles. The molecule has 4 nitrogen and oxygen atoms in total. The summed E-state index contributed by atoms with van der Waals surface area (Å²) in [5, 5.41) is 3.03. The predicted octanol–water partition coefficient (Wildman–Crippen LogP) is 1.37. The molecule has 1 aliphatic heterocycles. The Kier molecular flexibility index (Phi) is 6.70. The summed E-state index contributed by atoms with van der Waals surface area (Å²) in [5.74, 6) is 0.160. The summed E-state index contributed by atoms with van der Waals surface area (Å²) >= 11 is 0. The molecule has 0 atom stereocenters. The van der Waals surface area contributed by atoms with Crippen LogP contribution < -0.4 is 5.32 Å². The SMILES string of the molecule is CCN1CCN(CC(=O)NCCCc2ccccc2)CC1. The third-order valence-electron chi connectivity index (χ3n) is 4.09. The molecule has 4 heteroatoms. The summed E-state index contributed by atoms with van der Waals surface area (Å²) in [6.45, 7) is 8.78. The Balaban J connectivity index is 1.56. The minimum Gasteiger partial charge on any atom is -0.355 e. The van der Waals surface area contributed by atoms with Gasteiger partial charge in [-0.3, -0.25) is 9.69 Å². The largest absolute Gasteiger partial charge is 0.355 e. The highest BCUT2D eigenvalue weighted by molar-refractivity contribution is 5.77. The Hall–Kier alpha value is -1.39. The van der Waals surface area contributed by atoms with Gasteiger partial charge in [-0.1, -0.05) is 37.3 Å². The molecule has 0 unspecified atom stereocenters. The molecular formula is C17H27N3O. The monoisotopic (exact) mass is 289 g/mol. The fourth-order valence-electron chi connectivity index (χ4n) is 2.69. The minimum atomic E-state index is 0.160. The van der Waals surface area contributed by atoms with E-state index in [0.29, 0.717) is 6.54 Å². The zero-order valence-electron chi connectivity index (χ0n) is 13.1. The average molecular weight is 289 g/mol. The fraction of sp³-hybridized carbons (Fsp3) is 0.588. The van der Waals surface area contributed by atoms with Gasteiger partial charge in [-0.2, -0.15) is 0 Å². The van der Waals surface area contributed by atoms with E-state index in [-0.39, 0.29) is 5.91 Å². The average Bonchev–Trinajstić information content (AvgIpc) is 2.53. The number of likely N-dealkylation sites (N-methyl/N-ethyl adjacent to an activating group) is 1. The van der Waals surface area contributed by atoms with Crippen molar-refractivity contribution in [1.82, 2.24) is 15.1 Å². The number of carbonyl (C=O) groups is 1. The smallest absolute Gasteiger partial charge is 0.234 e. The zero-order valence-corrected chi connectivity index (χ0v) is 13.1. The Morgan fingerprint density at radius 1 is 1.10 bits per heavy atom. The normalized spacial score (nSPS) is 16.8. The maximum absolute atomic E-state index is 11.9. The second-order valence-corrected chi connectivity index (χ2v) is 5.65. The number of rotatable bonds is 7. The Bertz CT molecular complexity index is 413. The molecule has 1 amide bonds. The number of hydrogen-bond donors (Lipinski definition) is 1. The van der Waals surface area contributed by atoms with E-state index in [9.17, 15) is 4.79 Å². The van der Waals surface area contributed by atoms with Gasteiger partial charge >= 0.3 is 0 Å². The topological polar surface area (TPSA) is 35.6 Å². The second-order valence-electron chi connectivity index (χ2n) is 5.65. The summed E-state index contributed by atoms with van der Waals surface area (Å²) in [6.07, 6.45) is 2.02. The summed E-state index contributed by atoms with van der Waals surface area (Å²) in [4.78, 5) is 16.6. The lowest BCUT2D eigenvalue weighted by molar-refractivity contribution is -0.122. The van der Waals surface area contributed by atoms with Crippen LogP contribution in [-0.4, -0.2) is 61.5 Å². The lowest BCUT2D eigenvalue weighted by Gasteiger charge is -2.33. The van der Waals surface area contributed by atoms with Crippen molar-refractivity contribution in [2.45, 2.75) is 19.8 Å². The van der Waals surface area contributed by atoms with Gasteiger partial charge in [0, 0.05) is 32.7 Å². The number of aryl methyl sites for hydroxylation is 1. The van der Waals surface area contributed by atoms with Gasteiger partial charge in [-0.25, -0.2) is 0 Å². The van der Waals surface area contributed by atoms with Crippen molar-refractivity contribution in [3.63, 3.8) is 0 Å². The summed E-state index contributed by atoms with van der Waals surface area (Å²) < 4.78 is 0. The molecule has 116 valence electrons. The van der Waals surface area contributed by atoms with Gasteiger partial charge in [0.05, 0.1) is 6.54 Å². The van der Waals surface area contributed by atoms with Gasteiger partial charge in [0.1, 0.15) is 0 Å². The molecule has 1 heterocycles. The Morgan fingerprint density at radius 3 is 2.43 bits per heavy atom. The van der Waals surface area contributed by atoms with Crippen LogP contribution in [0.4, 0.5) is 0 Å². The first-order valence-electron chi connectivity index (χ1n) is 8.03. The van der Waals surface area contributed by atoms with Crippen molar-refractivity contribution in [3.05, 3.63) is 35.9 Å². The Labute approximate surface area is 128 Å². The molecule has 1 N–H and O–H groups in total. The maximum Gasteiger partial charge on any atom is 0.234 e. The van der Waals surface area contributed by atoms with E-state index in [0.717, 1.165) is 52.1 Å². The molecular weight excluding hydrogens is 262 g/mol. The van der Waals surface area contributed by atoms with Crippen LogP contribution in [0.15, 0.2) is 30.3 Å². The van der Waals surface area contributed by atoms with Crippen molar-refractivity contribution in [3.8, 4) is 0 Å². The van der Waals surface area contributed by atoms with Crippen molar-refractivity contribution in [1.29, 1.82) is 0 Å². The first kappa shape index (κ1) is 16.0. The molecule has 0 radical (unpaired) electrons. The van der Waals surface area contributed by atoms with E-state index < -0.39 is 0 Å². The number of piperazine rings is 1. The summed E-state index contributed by atoms with van der Waals surface area (Å²) in [5.41, 5.74) is 1.34. The molecule has 0 aromatic heterocycles. The van der Waals surface area contributed by atoms with Crippen LogP contribution in [-0.2, 0) is 11.2 Å². The number of amides is 1. The first-order valence-corrected chi connectivity index (χ1v) is 8.03. The lowest BCUT2D eigenvalue weighted by atomic mass is 10.1. The highest BCUT2D eigenvalue weighted by Gasteiger charge is 2.17. The van der Waals surface area contributed by atoms with Crippen molar-refractivity contribution in [2.75, 3.05) is 45.8 Å². The molecule has 0 aliphatic carbocycles. The van der Waals surface area contributed by atoms with Gasteiger partial charge in [-0.05, 0) is 24.9 Å². The second kappa shape index (κ2) is 8.80. The number of nitrogens with zero attached hydrogens (tertiary/aromatic N) is 2. The van der Waals surface area contributed by atoms with E-state index in [1.54, 1.807) is 0 Å². The van der Waals surface area contributed by atoms with Crippen molar-refractivity contribution < 1.29 is 4.79 Å². The van der Waals surface area contributed by atoms with Crippen LogP contribution >= 0.6 is 0 Å². The molecule has 1 fully saturated rings. The van der Waals surface area contributed by atoms with Gasteiger partial charge in [0.25, 0.3) is 0 Å². The van der Waals surface area contributed by atoms with Crippen LogP contribution in [0.25, 0.3) is 0 Å². The van der Waals surface area contributed by atoms with Crippen molar-refractivity contribution >= 4 is 5.91 Å². The van der Waals surface area contributed by atoms with E-state index in [1.165, 1.54) is 5.56 Å². The summed E-state index contributed by atoms with van der Waals surface area (Å²) in [6, 6.07) is 10.4. The standard InChI is InChI=1S/C17H27N3O/c1-2-19-11-13-20(14-12-19)15-17(21)18-10-6-9-16-7-4-3-5-8-16/h3-5,7-8H,2,6,9-15H2,1H3,(H,18,21). The molecule has 0 saturated carbocycles. The molecule has 21 heavy (non-hydrogen) atoms. The summed E-state index contributed by atoms with van der Waals surface area (Å²) in [7, 11) is 0. The first-order chi connectivity index (χ1) is 10.3. The van der Waals surface area contributed by atoms with Crippen LogP contribution in [0.1, 0.15) is 18.9 Å². The molecule has 2 rings (SSSR count). The quantitative estimate of drug-likeness (QED) is 0.770. The zero-order chi connectivity index (χ0) is 14.9. The molecule has 1 aromatic rings. The van der Waals surface area contributed by atoms with Gasteiger partial charge in [0.15, 0.2) is 0 Å². The predicted molar refractivity (Wildman–Crippen MR) is 86.3 cm³/mol. The number of nitrogens with one attached hydrogen (secondary N) is 1. The van der Waals surface area contributed by atoms with E-state index in [2.05, 4.69) is 46.3 Å². The Morgan fingerprint density at radius 2 is 1.76 bits per heavy atom. The van der Waals surface area contributed by atoms with Crippen LogP contribution in [0.5, 0.6) is 0 Å². The third-order valence-corrected chi connectivity index (χ3v) is 4.09. The maximum atomic E-state index is 11.9. The molecule has 0 bridgehead atoms. The molecule has 1 saturated heterocycles. The van der Waals surface area contributed by atoms with E-state index in [1.807, 2.05) is 6.07 Å². The van der Waals surface area contributed by atoms with Gasteiger partial charge in [-0.15, -0.1) is 0 Å². The highest BCUT2D eigenvalue weighted by atomic mass is 16.2. The molecule has 1 aliphatic rings. The van der Waals surface area contributed by atoms with Crippen LogP contribution in [0, 0.1) is 0 Å². The van der Waals surface area contributed by atoms with Crippen molar-refractivity contribution in [2.24, 2.45) is 0 Å². The fourth-order valence-corrected chi connectivity index (χ4v) is 2.69. The number of carbonyl (C=O) groups excluding carboxylic acids is 1. The van der Waals surface area contributed by atoms with Crippen LogP contribution in [0.3, 0.4) is 0 Å². The number of benzene rings is 1. The van der Waals surface area contributed by atoms with Gasteiger partial charge < -0.3 is 10.2 Å². The number of hydrogen-bond acceptors (Lipinski definition) is 3. The highest BCUT2D eigenvalue weighted by Crippen LogP contribution is 2.02. The molecule has 0 spiro atoms. The lowest BCUT2D eigenvalue weighted by Crippen LogP contribution is -2.49. The van der Waals surface area contributed by atoms with Gasteiger partial charge in [0.2, 0.25) is 5.91 Å². The van der Waals surface area contributed by atoms with E-state index in [4.69, 9.17) is 0 Å². The third kappa shape index (κ3) is 5.86.